The molecule has 1 atom stereocenters. The number of amides is 1. The summed E-state index contributed by atoms with van der Waals surface area (Å²) in [6.45, 7) is 4.94. The molecule has 1 fully saturated rings. The number of aromatic nitrogens is 4. The van der Waals surface area contributed by atoms with E-state index in [9.17, 15) is 4.79 Å². The van der Waals surface area contributed by atoms with Gasteiger partial charge in [-0.3, -0.25) is 4.79 Å². The highest BCUT2D eigenvalue weighted by Crippen LogP contribution is 2.19. The van der Waals surface area contributed by atoms with Crippen LogP contribution in [0.1, 0.15) is 13.0 Å². The van der Waals surface area contributed by atoms with Crippen LogP contribution < -0.4 is 4.90 Å². The Bertz CT molecular complexity index is 547. The molecule has 0 spiro atoms. The molecule has 1 amide bonds. The van der Waals surface area contributed by atoms with Gasteiger partial charge in [-0.15, -0.1) is 11.3 Å². The molecule has 3 heterocycles. The number of hydrogen-bond acceptors (Lipinski definition) is 6. The van der Waals surface area contributed by atoms with Crippen molar-refractivity contribution >= 4 is 22.4 Å². The highest BCUT2D eigenvalue weighted by Gasteiger charge is 2.26. The fourth-order valence-corrected chi connectivity index (χ4v) is 2.98. The zero-order valence-corrected chi connectivity index (χ0v) is 12.0. The van der Waals surface area contributed by atoms with Crippen LogP contribution in [-0.2, 0) is 4.79 Å². The van der Waals surface area contributed by atoms with Gasteiger partial charge in [0.1, 0.15) is 18.7 Å². The predicted octanol–water partition coefficient (Wildman–Crippen LogP) is 0.644. The number of carbonyl (C=O) groups excluding carboxylic acids is 1. The number of thiazole rings is 1. The molecule has 0 bridgehead atoms. The van der Waals surface area contributed by atoms with Gasteiger partial charge in [-0.05, 0) is 6.92 Å². The molecule has 2 aromatic rings. The molecule has 8 heteroatoms. The maximum Gasteiger partial charge on any atom is 0.247 e. The maximum absolute atomic E-state index is 12.4. The minimum Gasteiger partial charge on any atom is -0.345 e. The Balaban J connectivity index is 1.59. The van der Waals surface area contributed by atoms with Gasteiger partial charge in [0.25, 0.3) is 0 Å². The van der Waals surface area contributed by atoms with Crippen LogP contribution in [0.25, 0.3) is 0 Å². The van der Waals surface area contributed by atoms with Crippen molar-refractivity contribution in [2.75, 3.05) is 31.1 Å². The van der Waals surface area contributed by atoms with E-state index < -0.39 is 0 Å². The lowest BCUT2D eigenvalue weighted by atomic mass is 10.2. The number of rotatable bonds is 3. The lowest BCUT2D eigenvalue weighted by Crippen LogP contribution is -2.50. The van der Waals surface area contributed by atoms with E-state index in [0.29, 0.717) is 0 Å². The average molecular weight is 292 g/mol. The van der Waals surface area contributed by atoms with Crippen LogP contribution in [0.5, 0.6) is 0 Å². The molecule has 0 saturated carbocycles. The third-order valence-electron chi connectivity index (χ3n) is 3.47. The van der Waals surface area contributed by atoms with Gasteiger partial charge in [-0.25, -0.2) is 14.6 Å². The van der Waals surface area contributed by atoms with Crippen LogP contribution in [0, 0.1) is 0 Å². The van der Waals surface area contributed by atoms with Gasteiger partial charge in [0, 0.05) is 37.8 Å². The number of carbonyl (C=O) groups is 1. The lowest BCUT2D eigenvalue weighted by molar-refractivity contribution is -0.134. The van der Waals surface area contributed by atoms with Crippen LogP contribution in [0.15, 0.2) is 24.2 Å². The van der Waals surface area contributed by atoms with Crippen molar-refractivity contribution in [3.8, 4) is 0 Å². The SMILES string of the molecule is CC(C(=O)N1CCN(c2nccs2)CC1)n1cncn1. The summed E-state index contributed by atoms with van der Waals surface area (Å²) < 4.78 is 1.59. The normalized spacial score (nSPS) is 17.2. The molecule has 0 N–H and O–H groups in total. The summed E-state index contributed by atoms with van der Waals surface area (Å²) in [5.74, 6) is 0.0919. The molecule has 20 heavy (non-hydrogen) atoms. The monoisotopic (exact) mass is 292 g/mol. The largest absolute Gasteiger partial charge is 0.345 e. The molecule has 1 aliphatic heterocycles. The second kappa shape index (κ2) is 5.58. The third kappa shape index (κ3) is 2.51. The summed E-state index contributed by atoms with van der Waals surface area (Å²) in [5.41, 5.74) is 0. The lowest BCUT2D eigenvalue weighted by Gasteiger charge is -2.35. The molecule has 1 saturated heterocycles. The number of piperazine rings is 1. The van der Waals surface area contributed by atoms with Gasteiger partial charge in [0.2, 0.25) is 5.91 Å². The van der Waals surface area contributed by atoms with E-state index in [4.69, 9.17) is 0 Å². The van der Waals surface area contributed by atoms with E-state index in [1.54, 1.807) is 22.3 Å². The summed E-state index contributed by atoms with van der Waals surface area (Å²) >= 11 is 1.63. The first kappa shape index (κ1) is 13.0. The van der Waals surface area contributed by atoms with Crippen molar-refractivity contribution in [3.63, 3.8) is 0 Å². The maximum atomic E-state index is 12.4. The fourth-order valence-electron chi connectivity index (χ4n) is 2.28. The fraction of sp³-hybridized carbons (Fsp3) is 0.500. The van der Waals surface area contributed by atoms with Crippen LogP contribution in [0.2, 0.25) is 0 Å². The van der Waals surface area contributed by atoms with E-state index in [-0.39, 0.29) is 11.9 Å². The molecular weight excluding hydrogens is 276 g/mol. The summed E-state index contributed by atoms with van der Waals surface area (Å²) in [6, 6.07) is -0.302. The van der Waals surface area contributed by atoms with Crippen molar-refractivity contribution in [3.05, 3.63) is 24.2 Å². The van der Waals surface area contributed by atoms with E-state index in [2.05, 4.69) is 20.0 Å². The Hall–Kier alpha value is -1.96. The van der Waals surface area contributed by atoms with Gasteiger partial charge >= 0.3 is 0 Å². The van der Waals surface area contributed by atoms with E-state index in [0.717, 1.165) is 31.3 Å². The minimum atomic E-state index is -0.302. The third-order valence-corrected chi connectivity index (χ3v) is 4.30. The zero-order valence-electron chi connectivity index (χ0n) is 11.2. The molecule has 1 aliphatic rings. The Morgan fingerprint density at radius 2 is 2.15 bits per heavy atom. The summed E-state index contributed by atoms with van der Waals surface area (Å²) in [7, 11) is 0. The molecule has 0 aromatic carbocycles. The van der Waals surface area contributed by atoms with Crippen LogP contribution >= 0.6 is 11.3 Å². The quantitative estimate of drug-likeness (QED) is 0.830. The highest BCUT2D eigenvalue weighted by atomic mass is 32.1. The molecule has 0 aliphatic carbocycles. The number of hydrogen-bond donors (Lipinski definition) is 0. The van der Waals surface area contributed by atoms with Crippen molar-refractivity contribution < 1.29 is 4.79 Å². The summed E-state index contributed by atoms with van der Waals surface area (Å²) in [6.07, 6.45) is 4.84. The van der Waals surface area contributed by atoms with Crippen molar-refractivity contribution in [1.29, 1.82) is 0 Å². The Kier molecular flexibility index (Phi) is 3.64. The van der Waals surface area contributed by atoms with Gasteiger partial charge in [-0.2, -0.15) is 5.10 Å². The molecule has 106 valence electrons. The molecule has 2 aromatic heterocycles. The topological polar surface area (TPSA) is 67.2 Å². The second-order valence-corrected chi connectivity index (χ2v) is 5.55. The Labute approximate surface area is 120 Å². The predicted molar refractivity (Wildman–Crippen MR) is 75.6 cm³/mol. The van der Waals surface area contributed by atoms with Crippen LogP contribution in [0.4, 0.5) is 5.13 Å². The van der Waals surface area contributed by atoms with Gasteiger partial charge in [0.05, 0.1) is 0 Å². The molecular formula is C12H16N6OS. The molecule has 7 nitrogen and oxygen atoms in total. The highest BCUT2D eigenvalue weighted by molar-refractivity contribution is 7.13. The van der Waals surface area contributed by atoms with Gasteiger partial charge in [-0.1, -0.05) is 0 Å². The van der Waals surface area contributed by atoms with E-state index in [1.165, 1.54) is 6.33 Å². The first-order chi connectivity index (χ1) is 9.75. The van der Waals surface area contributed by atoms with Gasteiger partial charge in [0.15, 0.2) is 5.13 Å². The average Bonchev–Trinajstić information content (AvgIpc) is 3.18. The van der Waals surface area contributed by atoms with E-state index in [1.807, 2.05) is 23.4 Å². The second-order valence-electron chi connectivity index (χ2n) is 4.68. The molecule has 1 unspecified atom stereocenters. The van der Waals surface area contributed by atoms with Crippen molar-refractivity contribution in [2.24, 2.45) is 0 Å². The Morgan fingerprint density at radius 1 is 1.35 bits per heavy atom. The first-order valence-electron chi connectivity index (χ1n) is 6.53. The minimum absolute atomic E-state index is 0.0919. The first-order valence-corrected chi connectivity index (χ1v) is 7.41. The number of anilines is 1. The van der Waals surface area contributed by atoms with Crippen molar-refractivity contribution in [2.45, 2.75) is 13.0 Å². The smallest absolute Gasteiger partial charge is 0.247 e. The van der Waals surface area contributed by atoms with Crippen molar-refractivity contribution in [1.82, 2.24) is 24.6 Å². The van der Waals surface area contributed by atoms with Crippen LogP contribution in [-0.4, -0.2) is 56.7 Å². The summed E-state index contributed by atoms with van der Waals surface area (Å²) in [4.78, 5) is 24.7. The molecule has 0 radical (unpaired) electrons. The summed E-state index contributed by atoms with van der Waals surface area (Å²) in [5, 5.41) is 7.03. The van der Waals surface area contributed by atoms with E-state index >= 15 is 0 Å². The molecule has 3 rings (SSSR count). The zero-order chi connectivity index (χ0) is 13.9. The van der Waals surface area contributed by atoms with Crippen LogP contribution in [0.3, 0.4) is 0 Å². The Morgan fingerprint density at radius 3 is 2.75 bits per heavy atom. The van der Waals surface area contributed by atoms with Gasteiger partial charge < -0.3 is 9.80 Å². The number of nitrogens with zero attached hydrogens (tertiary/aromatic N) is 6. The standard InChI is InChI=1S/C12H16N6OS/c1-10(18-9-13-8-15-18)11(19)16-3-5-17(6-4-16)12-14-2-7-20-12/h2,7-10H,3-6H2,1H3.